The zero-order chi connectivity index (χ0) is 14.3. The number of hydrogen-bond donors (Lipinski definition) is 1. The van der Waals surface area contributed by atoms with Crippen LogP contribution in [0.5, 0.6) is 0 Å². The summed E-state index contributed by atoms with van der Waals surface area (Å²) in [5.41, 5.74) is 0.561. The number of aromatic carboxylic acids is 1. The van der Waals surface area contributed by atoms with Crippen molar-refractivity contribution in [3.05, 3.63) is 28.8 Å². The van der Waals surface area contributed by atoms with Crippen molar-refractivity contribution in [3.63, 3.8) is 0 Å². The molecule has 0 bridgehead atoms. The number of rotatable bonds is 7. The highest BCUT2D eigenvalue weighted by Gasteiger charge is 2.18. The van der Waals surface area contributed by atoms with Crippen LogP contribution in [0.3, 0.4) is 0 Å². The molecule has 0 aliphatic heterocycles. The zero-order valence-corrected chi connectivity index (χ0v) is 11.4. The standard InChI is InChI=1S/C13H15ClN2O3/c1-19-9-8-16(7-3-6-15)12-10(13(17)18)4-2-5-11(12)14/h2,4-5H,3,7-9H2,1H3,(H,17,18). The molecule has 0 aliphatic rings. The van der Waals surface area contributed by atoms with Gasteiger partial charge < -0.3 is 14.7 Å². The number of carboxylic acid groups (broad SMARTS) is 1. The van der Waals surface area contributed by atoms with Crippen LogP contribution in [0.15, 0.2) is 18.2 Å². The van der Waals surface area contributed by atoms with E-state index >= 15 is 0 Å². The number of carboxylic acids is 1. The van der Waals surface area contributed by atoms with Gasteiger partial charge in [0, 0.05) is 20.2 Å². The molecule has 19 heavy (non-hydrogen) atoms. The third-order valence-electron chi connectivity index (χ3n) is 2.59. The van der Waals surface area contributed by atoms with Gasteiger partial charge in [0.15, 0.2) is 0 Å². The third-order valence-corrected chi connectivity index (χ3v) is 2.90. The number of carbonyl (C=O) groups is 1. The lowest BCUT2D eigenvalue weighted by Crippen LogP contribution is -2.30. The molecule has 0 fully saturated rings. The van der Waals surface area contributed by atoms with E-state index in [1.54, 1.807) is 24.1 Å². The van der Waals surface area contributed by atoms with Crippen molar-refractivity contribution in [1.29, 1.82) is 5.26 Å². The number of hydrogen-bond acceptors (Lipinski definition) is 4. The fourth-order valence-corrected chi connectivity index (χ4v) is 2.03. The van der Waals surface area contributed by atoms with Gasteiger partial charge in [-0.05, 0) is 12.1 Å². The monoisotopic (exact) mass is 282 g/mol. The van der Waals surface area contributed by atoms with Crippen molar-refractivity contribution < 1.29 is 14.6 Å². The van der Waals surface area contributed by atoms with Crippen molar-refractivity contribution in [2.24, 2.45) is 0 Å². The van der Waals surface area contributed by atoms with Crippen LogP contribution < -0.4 is 4.90 Å². The Labute approximate surface area is 117 Å². The van der Waals surface area contributed by atoms with Crippen LogP contribution in [0.1, 0.15) is 16.8 Å². The SMILES string of the molecule is COCCN(CCC#N)c1c(Cl)cccc1C(=O)O. The molecule has 0 heterocycles. The second kappa shape index (κ2) is 7.62. The Morgan fingerprint density at radius 1 is 1.53 bits per heavy atom. The zero-order valence-electron chi connectivity index (χ0n) is 10.6. The second-order valence-corrected chi connectivity index (χ2v) is 4.24. The number of halogens is 1. The maximum atomic E-state index is 11.2. The van der Waals surface area contributed by atoms with E-state index in [-0.39, 0.29) is 12.0 Å². The largest absolute Gasteiger partial charge is 0.478 e. The average molecular weight is 283 g/mol. The molecule has 0 radical (unpaired) electrons. The highest BCUT2D eigenvalue weighted by Crippen LogP contribution is 2.30. The first-order valence-corrected chi connectivity index (χ1v) is 6.12. The van der Waals surface area contributed by atoms with E-state index in [1.807, 2.05) is 6.07 Å². The maximum absolute atomic E-state index is 11.2. The van der Waals surface area contributed by atoms with Gasteiger partial charge in [-0.2, -0.15) is 5.26 Å². The summed E-state index contributed by atoms with van der Waals surface area (Å²) in [6.45, 7) is 1.31. The molecule has 102 valence electrons. The lowest BCUT2D eigenvalue weighted by molar-refractivity contribution is 0.0697. The molecule has 0 atom stereocenters. The Morgan fingerprint density at radius 2 is 2.26 bits per heavy atom. The Morgan fingerprint density at radius 3 is 2.84 bits per heavy atom. The topological polar surface area (TPSA) is 73.6 Å². The first-order valence-electron chi connectivity index (χ1n) is 5.74. The van der Waals surface area contributed by atoms with Crippen LogP contribution in [0.25, 0.3) is 0 Å². The summed E-state index contributed by atoms with van der Waals surface area (Å²) < 4.78 is 5.00. The van der Waals surface area contributed by atoms with E-state index in [4.69, 9.17) is 21.6 Å². The molecule has 1 rings (SSSR count). The van der Waals surface area contributed by atoms with Crippen LogP contribution in [-0.4, -0.2) is 37.9 Å². The van der Waals surface area contributed by atoms with Gasteiger partial charge in [0.05, 0.1) is 35.4 Å². The number of anilines is 1. The molecule has 0 saturated carbocycles. The lowest BCUT2D eigenvalue weighted by Gasteiger charge is -2.26. The quantitative estimate of drug-likeness (QED) is 0.831. The summed E-state index contributed by atoms with van der Waals surface area (Å²) in [6.07, 6.45) is 0.286. The molecule has 0 saturated heterocycles. The minimum atomic E-state index is -1.04. The van der Waals surface area contributed by atoms with Crippen LogP contribution in [-0.2, 0) is 4.74 Å². The Kier molecular flexibility index (Phi) is 6.13. The predicted octanol–water partition coefficient (Wildman–Crippen LogP) is 2.40. The number of para-hydroxylation sites is 1. The number of methoxy groups -OCH3 is 1. The first-order chi connectivity index (χ1) is 9.11. The Bertz CT molecular complexity index is 485. The molecule has 1 aromatic carbocycles. The molecular weight excluding hydrogens is 268 g/mol. The van der Waals surface area contributed by atoms with Crippen molar-refractivity contribution >= 4 is 23.3 Å². The molecule has 5 nitrogen and oxygen atoms in total. The van der Waals surface area contributed by atoms with Gasteiger partial charge in [-0.25, -0.2) is 4.79 Å². The summed E-state index contributed by atoms with van der Waals surface area (Å²) >= 11 is 6.10. The van der Waals surface area contributed by atoms with Crippen molar-refractivity contribution in [3.8, 4) is 6.07 Å². The van der Waals surface area contributed by atoms with E-state index in [2.05, 4.69) is 0 Å². The van der Waals surface area contributed by atoms with Gasteiger partial charge in [0.2, 0.25) is 0 Å². The molecule has 1 aromatic rings. The number of ether oxygens (including phenoxy) is 1. The summed E-state index contributed by atoms with van der Waals surface area (Å²) in [5, 5.41) is 18.2. The van der Waals surface area contributed by atoms with Gasteiger partial charge in [-0.3, -0.25) is 0 Å². The fraction of sp³-hybridized carbons (Fsp3) is 0.385. The van der Waals surface area contributed by atoms with Crippen LogP contribution in [0.4, 0.5) is 5.69 Å². The van der Waals surface area contributed by atoms with E-state index in [0.29, 0.717) is 30.4 Å². The number of nitriles is 1. The van der Waals surface area contributed by atoms with E-state index in [9.17, 15) is 9.90 Å². The molecule has 0 amide bonds. The van der Waals surface area contributed by atoms with E-state index in [0.717, 1.165) is 0 Å². The normalized spacial score (nSPS) is 9.95. The molecule has 0 aliphatic carbocycles. The maximum Gasteiger partial charge on any atom is 0.337 e. The Hall–Kier alpha value is -1.77. The summed E-state index contributed by atoms with van der Waals surface area (Å²) in [4.78, 5) is 13.0. The van der Waals surface area contributed by atoms with Crippen molar-refractivity contribution in [2.45, 2.75) is 6.42 Å². The van der Waals surface area contributed by atoms with Gasteiger partial charge >= 0.3 is 5.97 Å². The smallest absolute Gasteiger partial charge is 0.337 e. The minimum Gasteiger partial charge on any atom is -0.478 e. The second-order valence-electron chi connectivity index (χ2n) is 3.83. The number of nitrogens with zero attached hydrogens (tertiary/aromatic N) is 2. The van der Waals surface area contributed by atoms with Gasteiger partial charge in [-0.15, -0.1) is 0 Å². The van der Waals surface area contributed by atoms with Gasteiger partial charge in [0.25, 0.3) is 0 Å². The molecule has 6 heteroatoms. The summed E-state index contributed by atoms with van der Waals surface area (Å²) in [7, 11) is 1.56. The predicted molar refractivity (Wildman–Crippen MR) is 72.7 cm³/mol. The summed E-state index contributed by atoms with van der Waals surface area (Å²) in [5.74, 6) is -1.04. The lowest BCUT2D eigenvalue weighted by atomic mass is 10.1. The van der Waals surface area contributed by atoms with Crippen molar-refractivity contribution in [1.82, 2.24) is 0 Å². The highest BCUT2D eigenvalue weighted by atomic mass is 35.5. The van der Waals surface area contributed by atoms with Gasteiger partial charge in [-0.1, -0.05) is 17.7 Å². The molecule has 0 spiro atoms. The molecule has 0 aromatic heterocycles. The van der Waals surface area contributed by atoms with Gasteiger partial charge in [0.1, 0.15) is 0 Å². The molecule has 1 N–H and O–H groups in total. The third kappa shape index (κ3) is 4.12. The first kappa shape index (κ1) is 15.3. The molecule has 0 unspecified atom stereocenters. The number of benzene rings is 1. The van der Waals surface area contributed by atoms with Crippen LogP contribution in [0, 0.1) is 11.3 Å². The van der Waals surface area contributed by atoms with Crippen LogP contribution >= 0.6 is 11.6 Å². The molecular formula is C13H15ClN2O3. The van der Waals surface area contributed by atoms with Crippen LogP contribution in [0.2, 0.25) is 5.02 Å². The van der Waals surface area contributed by atoms with Crippen molar-refractivity contribution in [2.75, 3.05) is 31.7 Å². The Balaban J connectivity index is 3.12. The highest BCUT2D eigenvalue weighted by molar-refractivity contribution is 6.34. The minimum absolute atomic E-state index is 0.126. The van der Waals surface area contributed by atoms with E-state index < -0.39 is 5.97 Å². The van der Waals surface area contributed by atoms with E-state index in [1.165, 1.54) is 6.07 Å². The summed E-state index contributed by atoms with van der Waals surface area (Å²) in [6, 6.07) is 6.76. The fourth-order valence-electron chi connectivity index (χ4n) is 1.73. The average Bonchev–Trinajstić information content (AvgIpc) is 2.39.